The average molecular weight is 916 g/mol. The number of hydrogen-bond acceptors (Lipinski definition) is 13. The summed E-state index contributed by atoms with van der Waals surface area (Å²) in [4.78, 5) is 48.1. The maximum Gasteiger partial charge on any atom is 0.258 e. The zero-order valence-corrected chi connectivity index (χ0v) is 37.9. The molecule has 0 spiro atoms. The third-order valence-electron chi connectivity index (χ3n) is 12.3. The molecule has 67 heavy (non-hydrogen) atoms. The van der Waals surface area contributed by atoms with Gasteiger partial charge in [0, 0.05) is 67.4 Å². The second-order valence-electron chi connectivity index (χ2n) is 17.0. The smallest absolute Gasteiger partial charge is 0.258 e. The number of likely N-dealkylation sites (N-methyl/N-ethyl adjacent to an activating group) is 1. The number of rotatable bonds is 19. The van der Waals surface area contributed by atoms with Crippen LogP contribution in [-0.4, -0.2) is 97.4 Å². The molecule has 0 radical (unpaired) electrons. The van der Waals surface area contributed by atoms with Gasteiger partial charge in [-0.05, 0) is 105 Å². The number of nitrogens with one attached hydrogen (secondary N) is 2. The number of hydrogen-bond donors (Lipinski definition) is 4. The number of carbonyl (C=O) groups is 2. The summed E-state index contributed by atoms with van der Waals surface area (Å²) in [5, 5.41) is 20.5. The van der Waals surface area contributed by atoms with Crippen LogP contribution in [0.25, 0.3) is 16.9 Å². The summed E-state index contributed by atoms with van der Waals surface area (Å²) in [6.07, 6.45) is 13.0. The second-order valence-corrected chi connectivity index (χ2v) is 17.0. The van der Waals surface area contributed by atoms with Gasteiger partial charge in [0.15, 0.2) is 17.2 Å². The van der Waals surface area contributed by atoms with Crippen molar-refractivity contribution in [2.45, 2.75) is 77.3 Å². The Morgan fingerprint density at radius 3 is 2.66 bits per heavy atom. The Morgan fingerprint density at radius 1 is 1.04 bits per heavy atom. The molecule has 1 atom stereocenters. The van der Waals surface area contributed by atoms with Crippen molar-refractivity contribution in [2.75, 3.05) is 61.2 Å². The molecule has 2 aliphatic rings. The van der Waals surface area contributed by atoms with Crippen molar-refractivity contribution in [3.8, 4) is 22.8 Å². The van der Waals surface area contributed by atoms with Gasteiger partial charge in [-0.15, -0.1) is 0 Å². The third-order valence-corrected chi connectivity index (χ3v) is 12.3. The maximum atomic E-state index is 15.2. The first kappa shape index (κ1) is 46.3. The molecule has 18 heteroatoms. The Morgan fingerprint density at radius 2 is 1.88 bits per heavy atom. The van der Waals surface area contributed by atoms with Crippen molar-refractivity contribution in [2.24, 2.45) is 0 Å². The number of piperidine rings is 1. The van der Waals surface area contributed by atoms with Crippen LogP contribution in [0.15, 0.2) is 79.5 Å². The molecule has 2 amide bonds. The van der Waals surface area contributed by atoms with Gasteiger partial charge in [-0.3, -0.25) is 14.6 Å². The first-order valence-corrected chi connectivity index (χ1v) is 22.6. The van der Waals surface area contributed by atoms with Gasteiger partial charge in [0.25, 0.3) is 11.8 Å². The summed E-state index contributed by atoms with van der Waals surface area (Å²) < 4.78 is 43.9. The number of nitrogens with zero attached hydrogens (tertiary/aromatic N) is 8. The van der Waals surface area contributed by atoms with E-state index in [1.54, 1.807) is 32.4 Å². The number of aliphatic hydroxyl groups excluding tert-OH is 1. The Hall–Kier alpha value is -7.21. The van der Waals surface area contributed by atoms with Crippen LogP contribution in [-0.2, 0) is 17.8 Å². The minimum Gasteiger partial charge on any atom is -0.487 e. The van der Waals surface area contributed by atoms with E-state index in [9.17, 15) is 19.1 Å². The minimum absolute atomic E-state index is 0.0226. The second kappa shape index (κ2) is 20.5. The SMILES string of the molecule is C=C(COc1cncc(CNc2cc(N3CCCCC3CCO)nc3c(CC)cnn23)c1)C(=O)N(C)CCOc1c(N)ncnc1-c1cc(F)cc(NC(=O)c2ccc(C3CC3)cc2F)c1C. The summed E-state index contributed by atoms with van der Waals surface area (Å²) in [5.74, 6) is -0.0292. The number of pyridine rings is 1. The quantitative estimate of drug-likeness (QED) is 0.0593. The van der Waals surface area contributed by atoms with Crippen LogP contribution < -0.4 is 30.7 Å². The summed E-state index contributed by atoms with van der Waals surface area (Å²) in [5.41, 5.74) is 10.7. The Balaban J connectivity index is 0.867. The molecule has 1 aliphatic carbocycles. The van der Waals surface area contributed by atoms with Crippen molar-refractivity contribution >= 4 is 40.6 Å². The van der Waals surface area contributed by atoms with Crippen LogP contribution in [0.5, 0.6) is 11.5 Å². The number of anilines is 4. The van der Waals surface area contributed by atoms with E-state index in [0.29, 0.717) is 30.2 Å². The predicted octanol–water partition coefficient (Wildman–Crippen LogP) is 7.27. The van der Waals surface area contributed by atoms with Gasteiger partial charge in [0.2, 0.25) is 0 Å². The molecule has 1 saturated heterocycles. The Labute approximate surface area is 387 Å². The van der Waals surface area contributed by atoms with Crippen LogP contribution in [0.2, 0.25) is 0 Å². The number of aromatic nitrogens is 6. The number of halogens is 2. The van der Waals surface area contributed by atoms with E-state index in [0.717, 1.165) is 85.1 Å². The van der Waals surface area contributed by atoms with E-state index >= 15 is 4.39 Å². The fraction of sp³-hybridized carbons (Fsp3) is 0.367. The summed E-state index contributed by atoms with van der Waals surface area (Å²) in [6.45, 7) is 9.04. The Bertz CT molecular complexity index is 2800. The first-order valence-electron chi connectivity index (χ1n) is 22.6. The first-order chi connectivity index (χ1) is 32.4. The van der Waals surface area contributed by atoms with Gasteiger partial charge in [-0.25, -0.2) is 23.7 Å². The highest BCUT2D eigenvalue weighted by atomic mass is 19.1. The summed E-state index contributed by atoms with van der Waals surface area (Å²) in [6, 6.07) is 11.0. The lowest BCUT2D eigenvalue weighted by Crippen LogP contribution is -2.40. The highest BCUT2D eigenvalue weighted by Gasteiger charge is 2.27. The lowest BCUT2D eigenvalue weighted by molar-refractivity contribution is -0.126. The van der Waals surface area contributed by atoms with Crippen molar-refractivity contribution in [3.05, 3.63) is 119 Å². The van der Waals surface area contributed by atoms with E-state index in [2.05, 4.69) is 49.1 Å². The number of ether oxygens (including phenoxy) is 2. The van der Waals surface area contributed by atoms with Crippen molar-refractivity contribution in [3.63, 3.8) is 0 Å². The highest BCUT2D eigenvalue weighted by molar-refractivity contribution is 6.05. The number of carbonyl (C=O) groups excluding carboxylic acids is 2. The molecule has 1 unspecified atom stereocenters. The maximum absolute atomic E-state index is 15.2. The molecule has 1 saturated carbocycles. The van der Waals surface area contributed by atoms with E-state index < -0.39 is 17.5 Å². The van der Waals surface area contributed by atoms with E-state index in [1.165, 1.54) is 29.4 Å². The zero-order valence-electron chi connectivity index (χ0n) is 37.9. The van der Waals surface area contributed by atoms with Crippen LogP contribution >= 0.6 is 0 Å². The molecule has 5 heterocycles. The van der Waals surface area contributed by atoms with Gasteiger partial charge in [0.05, 0.1) is 24.5 Å². The van der Waals surface area contributed by atoms with Crippen LogP contribution in [0.3, 0.4) is 0 Å². The molecule has 2 aromatic carbocycles. The summed E-state index contributed by atoms with van der Waals surface area (Å²) in [7, 11) is 1.59. The number of amides is 2. The molecule has 2 fully saturated rings. The van der Waals surface area contributed by atoms with Crippen LogP contribution in [0.1, 0.15) is 84.0 Å². The third kappa shape index (κ3) is 10.6. The normalized spacial score (nSPS) is 14.8. The van der Waals surface area contributed by atoms with Gasteiger partial charge in [-0.2, -0.15) is 9.61 Å². The van der Waals surface area contributed by atoms with E-state index in [4.69, 9.17) is 20.2 Å². The number of nitrogens with two attached hydrogens (primary N) is 1. The zero-order chi connectivity index (χ0) is 47.2. The molecule has 16 nitrogen and oxygen atoms in total. The molecule has 6 aromatic rings. The molecule has 5 N–H and O–H groups in total. The predicted molar refractivity (Wildman–Crippen MR) is 251 cm³/mol. The highest BCUT2D eigenvalue weighted by Crippen LogP contribution is 2.41. The molecule has 4 aromatic heterocycles. The molecule has 1 aliphatic heterocycles. The standard InChI is InChI=1S/C49H55F2N11O5/c1-5-32-25-57-62-42(22-43(59-47(32)62)61-14-7-6-8-36(61)13-16-63)54-24-31-18-37(26-53-23-31)67-27-29(2)49(65)60(4)15-17-66-45-44(55-28-56-46(45)52)39-20-35(50)21-41(30(39)3)58-48(64)38-12-11-34(19-40(38)51)33-9-10-33/h11-12,18-23,25-26,28,33,36,54,63H,2,5-10,13-17,24,27H2,1,3-4H3,(H,58,64)(H2,52,55,56). The van der Waals surface area contributed by atoms with Crippen molar-refractivity contribution < 1.29 is 33.0 Å². The molecular weight excluding hydrogens is 861 g/mol. The van der Waals surface area contributed by atoms with Crippen LogP contribution in [0.4, 0.5) is 31.9 Å². The van der Waals surface area contributed by atoms with Gasteiger partial charge in [0.1, 0.15) is 54.3 Å². The number of nitrogen functional groups attached to an aromatic ring is 1. The van der Waals surface area contributed by atoms with Crippen molar-refractivity contribution in [1.29, 1.82) is 0 Å². The lowest BCUT2D eigenvalue weighted by atomic mass is 9.99. The van der Waals surface area contributed by atoms with E-state index in [-0.39, 0.29) is 78.0 Å². The lowest BCUT2D eigenvalue weighted by Gasteiger charge is -2.36. The Kier molecular flexibility index (Phi) is 14.2. The average Bonchev–Trinajstić information content (AvgIpc) is 4.10. The number of aryl methyl sites for hydroxylation is 1. The monoisotopic (exact) mass is 915 g/mol. The fourth-order valence-electron chi connectivity index (χ4n) is 8.34. The minimum atomic E-state index is -0.726. The number of aliphatic hydroxyl groups is 1. The topological polar surface area (TPSA) is 198 Å². The number of benzene rings is 2. The van der Waals surface area contributed by atoms with Crippen LogP contribution in [0, 0.1) is 18.6 Å². The van der Waals surface area contributed by atoms with E-state index in [1.807, 2.05) is 22.8 Å². The van der Waals surface area contributed by atoms with Gasteiger partial charge < -0.3 is 40.7 Å². The number of fused-ring (bicyclic) bond motifs is 1. The van der Waals surface area contributed by atoms with Gasteiger partial charge in [-0.1, -0.05) is 19.6 Å². The largest absolute Gasteiger partial charge is 0.487 e. The molecular formula is C49H55F2N11O5. The summed E-state index contributed by atoms with van der Waals surface area (Å²) >= 11 is 0. The van der Waals surface area contributed by atoms with Crippen molar-refractivity contribution in [1.82, 2.24) is 34.4 Å². The molecule has 8 rings (SSSR count). The molecule has 0 bridgehead atoms. The molecule has 350 valence electrons. The van der Waals surface area contributed by atoms with Gasteiger partial charge >= 0.3 is 0 Å². The fourth-order valence-corrected chi connectivity index (χ4v) is 8.34.